The van der Waals surface area contributed by atoms with Crippen LogP contribution in [0.15, 0.2) is 0 Å². The maximum Gasteiger partial charge on any atom is 0.0480 e. The minimum Gasteiger partial charge on any atom is -0.381 e. The van der Waals surface area contributed by atoms with Gasteiger partial charge in [-0.25, -0.2) is 0 Å². The Labute approximate surface area is 82.0 Å². The molecule has 1 N–H and O–H groups in total. The van der Waals surface area contributed by atoms with E-state index in [1.165, 1.54) is 32.1 Å². The van der Waals surface area contributed by atoms with Crippen LogP contribution in [0.4, 0.5) is 0 Å². The van der Waals surface area contributed by atoms with Crippen molar-refractivity contribution >= 4 is 0 Å². The molecule has 1 aliphatic heterocycles. The zero-order chi connectivity index (χ0) is 9.52. The lowest BCUT2D eigenvalue weighted by Gasteiger charge is -2.21. The molecule has 2 nitrogen and oxygen atoms in total. The molecule has 0 aromatic heterocycles. The van der Waals surface area contributed by atoms with E-state index in [1.807, 2.05) is 0 Å². The third-order valence-corrected chi connectivity index (χ3v) is 2.69. The summed E-state index contributed by atoms with van der Waals surface area (Å²) < 4.78 is 5.43. The Morgan fingerprint density at radius 3 is 3.00 bits per heavy atom. The lowest BCUT2D eigenvalue weighted by Crippen LogP contribution is -2.36. The summed E-state index contributed by atoms with van der Waals surface area (Å²) in [6, 6.07) is 1.37. The van der Waals surface area contributed by atoms with Crippen LogP contribution in [0.1, 0.15) is 46.0 Å². The molecule has 2 atom stereocenters. The Morgan fingerprint density at radius 1 is 1.38 bits per heavy atom. The molecule has 1 saturated heterocycles. The molecule has 2 heteroatoms. The summed E-state index contributed by atoms with van der Waals surface area (Å²) in [5.74, 6) is 0. The zero-order valence-electron chi connectivity index (χ0n) is 9.01. The minimum absolute atomic E-state index is 0.674. The van der Waals surface area contributed by atoms with Crippen LogP contribution in [0, 0.1) is 0 Å². The lowest BCUT2D eigenvalue weighted by molar-refractivity contribution is 0.142. The summed E-state index contributed by atoms with van der Waals surface area (Å²) >= 11 is 0. The van der Waals surface area contributed by atoms with Crippen LogP contribution in [0.5, 0.6) is 0 Å². The molecule has 1 aliphatic rings. The summed E-state index contributed by atoms with van der Waals surface area (Å²) in [7, 11) is 0. The topological polar surface area (TPSA) is 21.3 Å². The van der Waals surface area contributed by atoms with E-state index in [2.05, 4.69) is 19.2 Å². The molecule has 1 fully saturated rings. The Morgan fingerprint density at radius 2 is 2.23 bits per heavy atom. The van der Waals surface area contributed by atoms with E-state index < -0.39 is 0 Å². The zero-order valence-corrected chi connectivity index (χ0v) is 9.01. The van der Waals surface area contributed by atoms with Gasteiger partial charge in [-0.15, -0.1) is 0 Å². The maximum atomic E-state index is 5.43. The molecule has 0 saturated carbocycles. The second kappa shape index (κ2) is 6.39. The predicted molar refractivity (Wildman–Crippen MR) is 56.0 cm³/mol. The monoisotopic (exact) mass is 185 g/mol. The van der Waals surface area contributed by atoms with Gasteiger partial charge in [-0.1, -0.05) is 13.3 Å². The first kappa shape index (κ1) is 11.0. The predicted octanol–water partition coefficient (Wildman–Crippen LogP) is 2.33. The van der Waals surface area contributed by atoms with Crippen LogP contribution in [-0.4, -0.2) is 25.3 Å². The van der Waals surface area contributed by atoms with Crippen molar-refractivity contribution < 1.29 is 4.74 Å². The standard InChI is InChI=1S/C11H23NO/c1-3-5-10(2)12-11-6-4-8-13-9-7-11/h10-12H,3-9H2,1-2H3. The van der Waals surface area contributed by atoms with Gasteiger partial charge < -0.3 is 10.1 Å². The van der Waals surface area contributed by atoms with Crippen molar-refractivity contribution in [1.82, 2.24) is 5.32 Å². The second-order valence-electron chi connectivity index (χ2n) is 4.10. The lowest BCUT2D eigenvalue weighted by atomic mass is 10.1. The average Bonchev–Trinajstić information content (AvgIpc) is 2.33. The molecule has 0 aromatic carbocycles. The number of nitrogens with one attached hydrogen (secondary N) is 1. The van der Waals surface area contributed by atoms with Gasteiger partial charge in [0.25, 0.3) is 0 Å². The minimum atomic E-state index is 0.674. The Balaban J connectivity index is 2.17. The quantitative estimate of drug-likeness (QED) is 0.726. The summed E-state index contributed by atoms with van der Waals surface area (Å²) in [4.78, 5) is 0. The first-order valence-electron chi connectivity index (χ1n) is 5.66. The Kier molecular flexibility index (Phi) is 5.40. The van der Waals surface area contributed by atoms with Crippen molar-refractivity contribution in [2.24, 2.45) is 0 Å². The normalized spacial score (nSPS) is 26.8. The van der Waals surface area contributed by atoms with Crippen molar-refractivity contribution in [3.63, 3.8) is 0 Å². The van der Waals surface area contributed by atoms with Crippen LogP contribution >= 0.6 is 0 Å². The van der Waals surface area contributed by atoms with Crippen LogP contribution in [0.2, 0.25) is 0 Å². The fraction of sp³-hybridized carbons (Fsp3) is 1.00. The summed E-state index contributed by atoms with van der Waals surface area (Å²) in [6.45, 7) is 6.43. The largest absolute Gasteiger partial charge is 0.381 e. The van der Waals surface area contributed by atoms with Gasteiger partial charge in [0, 0.05) is 25.3 Å². The van der Waals surface area contributed by atoms with E-state index in [1.54, 1.807) is 0 Å². The summed E-state index contributed by atoms with van der Waals surface area (Å²) in [6.07, 6.45) is 6.26. The van der Waals surface area contributed by atoms with Gasteiger partial charge in [-0.3, -0.25) is 0 Å². The fourth-order valence-electron chi connectivity index (χ4n) is 1.99. The van der Waals surface area contributed by atoms with Crippen LogP contribution in [0.25, 0.3) is 0 Å². The van der Waals surface area contributed by atoms with E-state index in [0.717, 1.165) is 13.2 Å². The highest BCUT2D eigenvalue weighted by Gasteiger charge is 2.13. The van der Waals surface area contributed by atoms with Crippen molar-refractivity contribution in [2.75, 3.05) is 13.2 Å². The second-order valence-corrected chi connectivity index (χ2v) is 4.10. The molecule has 1 rings (SSSR count). The highest BCUT2D eigenvalue weighted by molar-refractivity contribution is 4.72. The average molecular weight is 185 g/mol. The van der Waals surface area contributed by atoms with E-state index in [0.29, 0.717) is 12.1 Å². The number of rotatable bonds is 4. The Hall–Kier alpha value is -0.0800. The van der Waals surface area contributed by atoms with E-state index in [9.17, 15) is 0 Å². The van der Waals surface area contributed by atoms with Gasteiger partial charge in [-0.2, -0.15) is 0 Å². The molecule has 0 amide bonds. The molecule has 1 heterocycles. The van der Waals surface area contributed by atoms with Crippen molar-refractivity contribution in [3.05, 3.63) is 0 Å². The molecule has 2 unspecified atom stereocenters. The molecule has 0 aliphatic carbocycles. The Bertz CT molecular complexity index is 119. The molecular weight excluding hydrogens is 162 g/mol. The molecule has 0 bridgehead atoms. The highest BCUT2D eigenvalue weighted by Crippen LogP contribution is 2.09. The van der Waals surface area contributed by atoms with Crippen LogP contribution in [0.3, 0.4) is 0 Å². The van der Waals surface area contributed by atoms with Crippen LogP contribution < -0.4 is 5.32 Å². The van der Waals surface area contributed by atoms with Gasteiger partial charge >= 0.3 is 0 Å². The van der Waals surface area contributed by atoms with Gasteiger partial charge in [0.1, 0.15) is 0 Å². The molecule has 0 radical (unpaired) electrons. The first-order chi connectivity index (χ1) is 6.33. The van der Waals surface area contributed by atoms with Gasteiger partial charge in [0.15, 0.2) is 0 Å². The molecule has 13 heavy (non-hydrogen) atoms. The molecule has 0 aromatic rings. The van der Waals surface area contributed by atoms with Gasteiger partial charge in [0.2, 0.25) is 0 Å². The van der Waals surface area contributed by atoms with Crippen molar-refractivity contribution in [1.29, 1.82) is 0 Å². The van der Waals surface area contributed by atoms with Crippen LogP contribution in [-0.2, 0) is 4.74 Å². The first-order valence-corrected chi connectivity index (χ1v) is 5.66. The van der Waals surface area contributed by atoms with Crippen molar-refractivity contribution in [3.8, 4) is 0 Å². The third kappa shape index (κ3) is 4.63. The van der Waals surface area contributed by atoms with Crippen molar-refractivity contribution in [2.45, 2.75) is 58.0 Å². The van der Waals surface area contributed by atoms with Gasteiger partial charge in [0.05, 0.1) is 0 Å². The molecule has 78 valence electrons. The van der Waals surface area contributed by atoms with E-state index >= 15 is 0 Å². The summed E-state index contributed by atoms with van der Waals surface area (Å²) in [5, 5.41) is 3.68. The number of ether oxygens (including phenoxy) is 1. The smallest absolute Gasteiger partial charge is 0.0480 e. The molecular formula is C11H23NO. The van der Waals surface area contributed by atoms with E-state index in [-0.39, 0.29) is 0 Å². The number of hydrogen-bond donors (Lipinski definition) is 1. The van der Waals surface area contributed by atoms with E-state index in [4.69, 9.17) is 4.74 Å². The maximum absolute atomic E-state index is 5.43. The number of hydrogen-bond acceptors (Lipinski definition) is 2. The highest BCUT2D eigenvalue weighted by atomic mass is 16.5. The summed E-state index contributed by atoms with van der Waals surface area (Å²) in [5.41, 5.74) is 0. The fourth-order valence-corrected chi connectivity index (χ4v) is 1.99. The third-order valence-electron chi connectivity index (χ3n) is 2.69. The SMILES string of the molecule is CCCC(C)NC1CCCOCC1. The van der Waals surface area contributed by atoms with Gasteiger partial charge in [-0.05, 0) is 32.6 Å². The molecule has 0 spiro atoms.